The van der Waals surface area contributed by atoms with Crippen molar-refractivity contribution in [3.8, 4) is 0 Å². The van der Waals surface area contributed by atoms with Crippen LogP contribution in [0.5, 0.6) is 0 Å². The Kier molecular flexibility index (Phi) is 3.53. The van der Waals surface area contributed by atoms with Gasteiger partial charge in [-0.2, -0.15) is 0 Å². The van der Waals surface area contributed by atoms with E-state index in [1.807, 2.05) is 0 Å². The smallest absolute Gasteiger partial charge is 0.331 e. The van der Waals surface area contributed by atoms with Crippen LogP contribution in [0.4, 0.5) is 5.69 Å². The van der Waals surface area contributed by atoms with Gasteiger partial charge in [-0.25, -0.2) is 4.79 Å². The highest BCUT2D eigenvalue weighted by molar-refractivity contribution is 7.99. The van der Waals surface area contributed by atoms with Crippen LogP contribution in [0.1, 0.15) is 0 Å². The van der Waals surface area contributed by atoms with Crippen LogP contribution < -0.4 is 5.73 Å². The van der Waals surface area contributed by atoms with Crippen LogP contribution >= 0.6 is 11.8 Å². The van der Waals surface area contributed by atoms with Gasteiger partial charge in [0.2, 0.25) is 0 Å². The van der Waals surface area contributed by atoms with Crippen molar-refractivity contribution in [3.63, 3.8) is 0 Å². The number of anilines is 1. The second-order valence-electron chi connectivity index (χ2n) is 2.61. The number of rotatable bonds is 4. The lowest BCUT2D eigenvalue weighted by molar-refractivity contribution is -0.132. The van der Waals surface area contributed by atoms with Gasteiger partial charge in [-0.05, 0) is 6.07 Å². The van der Waals surface area contributed by atoms with Gasteiger partial charge >= 0.3 is 5.97 Å². The highest BCUT2D eigenvalue weighted by atomic mass is 32.2. The molecule has 0 spiro atoms. The average Bonchev–Trinajstić information content (AvgIpc) is 2.16. The third kappa shape index (κ3) is 2.77. The molecule has 1 rings (SSSR count). The second-order valence-corrected chi connectivity index (χ2v) is 3.63. The van der Waals surface area contributed by atoms with Crippen molar-refractivity contribution >= 4 is 23.4 Å². The zero-order valence-corrected chi connectivity index (χ0v) is 8.25. The fourth-order valence-electron chi connectivity index (χ4n) is 0.752. The summed E-state index contributed by atoms with van der Waals surface area (Å²) < 4.78 is 0. The highest BCUT2D eigenvalue weighted by Crippen LogP contribution is 2.24. The maximum Gasteiger partial charge on any atom is 0.331 e. The molecule has 0 unspecified atom stereocenters. The van der Waals surface area contributed by atoms with Gasteiger partial charge in [-0.3, -0.25) is 4.98 Å². The molecular weight excluding hydrogens is 200 g/mol. The number of carbonyl (C=O) groups is 1. The molecule has 0 atom stereocenters. The molecule has 1 heterocycles. The van der Waals surface area contributed by atoms with Gasteiger partial charge in [-0.1, -0.05) is 6.58 Å². The number of nitrogen functional groups attached to an aromatic ring is 1. The fraction of sp³-hybridized carbons (Fsp3) is 0.111. The number of hydrogen-bond donors (Lipinski definition) is 2. The van der Waals surface area contributed by atoms with E-state index in [2.05, 4.69) is 11.6 Å². The quantitative estimate of drug-likeness (QED) is 0.580. The minimum Gasteiger partial charge on any atom is -0.478 e. The number of pyridine rings is 1. The molecular formula is C9H10N2O2S. The molecule has 1 aromatic heterocycles. The lowest BCUT2D eigenvalue weighted by Gasteiger charge is -2.03. The number of nitrogens with zero attached hydrogens (tertiary/aromatic N) is 1. The first-order valence-corrected chi connectivity index (χ1v) is 4.83. The molecule has 0 aliphatic rings. The SMILES string of the molecule is C=C(CSc1ccncc1N)C(=O)O. The first-order chi connectivity index (χ1) is 6.61. The van der Waals surface area contributed by atoms with Crippen molar-refractivity contribution in [1.82, 2.24) is 4.98 Å². The van der Waals surface area contributed by atoms with E-state index in [1.165, 1.54) is 18.0 Å². The van der Waals surface area contributed by atoms with E-state index < -0.39 is 5.97 Å². The summed E-state index contributed by atoms with van der Waals surface area (Å²) >= 11 is 1.34. The number of carboxylic acid groups (broad SMARTS) is 1. The lowest BCUT2D eigenvalue weighted by atomic mass is 10.4. The van der Waals surface area contributed by atoms with Gasteiger partial charge in [0.25, 0.3) is 0 Å². The predicted molar refractivity (Wildman–Crippen MR) is 56.1 cm³/mol. The van der Waals surface area contributed by atoms with Crippen LogP contribution in [0, 0.1) is 0 Å². The summed E-state index contributed by atoms with van der Waals surface area (Å²) in [5.41, 5.74) is 6.33. The topological polar surface area (TPSA) is 76.2 Å². The van der Waals surface area contributed by atoms with Crippen molar-refractivity contribution in [2.45, 2.75) is 4.90 Å². The van der Waals surface area contributed by atoms with Gasteiger partial charge in [0, 0.05) is 22.4 Å². The van der Waals surface area contributed by atoms with Gasteiger partial charge < -0.3 is 10.8 Å². The van der Waals surface area contributed by atoms with Crippen molar-refractivity contribution in [2.24, 2.45) is 0 Å². The van der Waals surface area contributed by atoms with Crippen molar-refractivity contribution in [3.05, 3.63) is 30.6 Å². The largest absolute Gasteiger partial charge is 0.478 e. The van der Waals surface area contributed by atoms with Gasteiger partial charge in [0.15, 0.2) is 0 Å². The number of aliphatic carboxylic acids is 1. The highest BCUT2D eigenvalue weighted by Gasteiger charge is 2.05. The summed E-state index contributed by atoms with van der Waals surface area (Å²) in [7, 11) is 0. The number of thioether (sulfide) groups is 1. The van der Waals surface area contributed by atoms with E-state index in [1.54, 1.807) is 12.3 Å². The van der Waals surface area contributed by atoms with E-state index in [0.29, 0.717) is 11.4 Å². The zero-order valence-electron chi connectivity index (χ0n) is 7.43. The molecule has 0 aliphatic carbocycles. The van der Waals surface area contributed by atoms with Gasteiger partial charge in [-0.15, -0.1) is 11.8 Å². The van der Waals surface area contributed by atoms with E-state index in [4.69, 9.17) is 10.8 Å². The zero-order chi connectivity index (χ0) is 10.6. The third-order valence-corrected chi connectivity index (χ3v) is 2.69. The number of hydrogen-bond acceptors (Lipinski definition) is 4. The van der Waals surface area contributed by atoms with E-state index in [-0.39, 0.29) is 5.57 Å². The summed E-state index contributed by atoms with van der Waals surface area (Å²) in [5, 5.41) is 8.57. The Balaban J connectivity index is 2.58. The van der Waals surface area contributed by atoms with Crippen molar-refractivity contribution in [2.75, 3.05) is 11.5 Å². The van der Waals surface area contributed by atoms with Crippen molar-refractivity contribution < 1.29 is 9.90 Å². The molecule has 14 heavy (non-hydrogen) atoms. The number of nitrogens with two attached hydrogens (primary N) is 1. The maximum absolute atomic E-state index is 10.4. The molecule has 0 fully saturated rings. The fourth-order valence-corrected chi connectivity index (χ4v) is 1.58. The van der Waals surface area contributed by atoms with Crippen LogP contribution in [0.25, 0.3) is 0 Å². The minimum atomic E-state index is -0.981. The van der Waals surface area contributed by atoms with Crippen molar-refractivity contribution in [1.29, 1.82) is 0 Å². The maximum atomic E-state index is 10.4. The molecule has 3 N–H and O–H groups in total. The average molecular weight is 210 g/mol. The van der Waals surface area contributed by atoms with Crippen LogP contribution in [0.15, 0.2) is 35.5 Å². The molecule has 0 radical (unpaired) electrons. The van der Waals surface area contributed by atoms with Gasteiger partial charge in [0.1, 0.15) is 0 Å². The summed E-state index contributed by atoms with van der Waals surface area (Å²) in [6, 6.07) is 1.75. The first kappa shape index (κ1) is 10.6. The Bertz CT molecular complexity index is 366. The Morgan fingerprint density at radius 2 is 2.43 bits per heavy atom. The van der Waals surface area contributed by atoms with Crippen LogP contribution in [-0.4, -0.2) is 21.8 Å². The molecule has 0 aromatic carbocycles. The standard InChI is InChI=1S/C9H10N2O2S/c1-6(9(12)13)5-14-8-2-3-11-4-7(8)10/h2-4H,1,5,10H2,(H,12,13). The molecule has 0 saturated carbocycles. The van der Waals surface area contributed by atoms with E-state index >= 15 is 0 Å². The molecule has 74 valence electrons. The van der Waals surface area contributed by atoms with E-state index in [9.17, 15) is 4.79 Å². The first-order valence-electron chi connectivity index (χ1n) is 3.84. The molecule has 1 aromatic rings. The summed E-state index contributed by atoms with van der Waals surface area (Å²) in [5.74, 6) is -0.658. The lowest BCUT2D eigenvalue weighted by Crippen LogP contribution is -2.01. The molecule has 0 bridgehead atoms. The summed E-state index contributed by atoms with van der Waals surface area (Å²) in [6.45, 7) is 3.42. The Morgan fingerprint density at radius 3 is 3.00 bits per heavy atom. The van der Waals surface area contributed by atoms with Crippen LogP contribution in [0.3, 0.4) is 0 Å². The molecule has 0 saturated heterocycles. The molecule has 4 nitrogen and oxygen atoms in total. The molecule has 0 amide bonds. The third-order valence-electron chi connectivity index (χ3n) is 1.51. The summed E-state index contributed by atoms with van der Waals surface area (Å²) in [6.07, 6.45) is 3.15. The monoisotopic (exact) mass is 210 g/mol. The predicted octanol–water partition coefficient (Wildman–Crippen LogP) is 1.40. The van der Waals surface area contributed by atoms with Gasteiger partial charge in [0.05, 0.1) is 11.9 Å². The Labute approximate surface area is 85.8 Å². The summed E-state index contributed by atoms with van der Waals surface area (Å²) in [4.78, 5) is 15.1. The van der Waals surface area contributed by atoms with E-state index in [0.717, 1.165) is 4.90 Å². The minimum absolute atomic E-state index is 0.159. The second kappa shape index (κ2) is 4.66. The Hall–Kier alpha value is -1.49. The van der Waals surface area contributed by atoms with Crippen LogP contribution in [0.2, 0.25) is 0 Å². The number of aromatic nitrogens is 1. The normalized spacial score (nSPS) is 9.71. The van der Waals surface area contributed by atoms with Crippen LogP contribution in [-0.2, 0) is 4.79 Å². The molecule has 5 heteroatoms. The molecule has 0 aliphatic heterocycles. The number of carboxylic acids is 1. The Morgan fingerprint density at radius 1 is 1.71 bits per heavy atom.